The maximum atomic E-state index is 9.13. The van der Waals surface area contributed by atoms with E-state index in [1.54, 1.807) is 6.20 Å². The summed E-state index contributed by atoms with van der Waals surface area (Å²) >= 11 is 0. The lowest BCUT2D eigenvalue weighted by Gasteiger charge is -2.33. The van der Waals surface area contributed by atoms with Gasteiger partial charge in [-0.2, -0.15) is 0 Å². The van der Waals surface area contributed by atoms with E-state index in [2.05, 4.69) is 15.0 Å². The highest BCUT2D eigenvalue weighted by Gasteiger charge is 2.21. The van der Waals surface area contributed by atoms with Crippen molar-refractivity contribution in [2.75, 3.05) is 24.6 Å². The van der Waals surface area contributed by atoms with Gasteiger partial charge in [0.25, 0.3) is 0 Å². The highest BCUT2D eigenvalue weighted by molar-refractivity contribution is 6.00. The van der Waals surface area contributed by atoms with Crippen molar-refractivity contribution in [1.82, 2.24) is 4.98 Å². The fraction of sp³-hybridized carbons (Fsp3) is 0.500. The summed E-state index contributed by atoms with van der Waals surface area (Å²) < 4.78 is 0. The van der Waals surface area contributed by atoms with Gasteiger partial charge in [-0.15, -0.1) is 0 Å². The molecule has 1 saturated heterocycles. The van der Waals surface area contributed by atoms with Gasteiger partial charge < -0.3 is 20.9 Å². The third-order valence-electron chi connectivity index (χ3n) is 3.35. The number of piperidine rings is 1. The standard InChI is InChI=1S/C12H18N4O2/c13-12(15-18)11-10(2-1-5-14-11)16-6-3-9(8-17)4-7-16/h1-2,5,9,17-18H,3-4,6-8H2,(H2,13,15). The summed E-state index contributed by atoms with van der Waals surface area (Å²) in [4.78, 5) is 6.32. The molecule has 4 N–H and O–H groups in total. The average molecular weight is 250 g/mol. The summed E-state index contributed by atoms with van der Waals surface area (Å²) in [5, 5.41) is 20.9. The minimum absolute atomic E-state index is 0.0230. The first kappa shape index (κ1) is 12.6. The zero-order valence-electron chi connectivity index (χ0n) is 10.2. The van der Waals surface area contributed by atoms with Crippen molar-refractivity contribution in [2.45, 2.75) is 12.8 Å². The Morgan fingerprint density at radius 3 is 2.83 bits per heavy atom. The van der Waals surface area contributed by atoms with Crippen molar-refractivity contribution < 1.29 is 10.3 Å². The van der Waals surface area contributed by atoms with E-state index in [0.717, 1.165) is 31.6 Å². The van der Waals surface area contributed by atoms with Crippen LogP contribution in [0.1, 0.15) is 18.5 Å². The van der Waals surface area contributed by atoms with Crippen molar-refractivity contribution in [3.63, 3.8) is 0 Å². The van der Waals surface area contributed by atoms with Gasteiger partial charge in [-0.25, -0.2) is 0 Å². The van der Waals surface area contributed by atoms with E-state index in [1.807, 2.05) is 12.1 Å². The molecule has 18 heavy (non-hydrogen) atoms. The second-order valence-electron chi connectivity index (χ2n) is 4.47. The zero-order valence-corrected chi connectivity index (χ0v) is 10.2. The van der Waals surface area contributed by atoms with Crippen LogP contribution in [0.4, 0.5) is 5.69 Å². The molecule has 0 radical (unpaired) electrons. The van der Waals surface area contributed by atoms with Crippen LogP contribution in [0.15, 0.2) is 23.5 Å². The number of aliphatic hydroxyl groups excluding tert-OH is 1. The van der Waals surface area contributed by atoms with Crippen LogP contribution in [-0.2, 0) is 0 Å². The van der Waals surface area contributed by atoms with Crippen LogP contribution in [-0.4, -0.2) is 40.8 Å². The molecule has 98 valence electrons. The molecule has 0 atom stereocenters. The van der Waals surface area contributed by atoms with Gasteiger partial charge in [-0.1, -0.05) is 5.16 Å². The minimum atomic E-state index is 0.0230. The number of rotatable bonds is 3. The Morgan fingerprint density at radius 1 is 1.50 bits per heavy atom. The maximum absolute atomic E-state index is 9.13. The van der Waals surface area contributed by atoms with Crippen molar-refractivity contribution in [3.8, 4) is 0 Å². The van der Waals surface area contributed by atoms with E-state index < -0.39 is 0 Å². The monoisotopic (exact) mass is 250 g/mol. The highest BCUT2D eigenvalue weighted by atomic mass is 16.4. The van der Waals surface area contributed by atoms with Crippen LogP contribution >= 0.6 is 0 Å². The summed E-state index contributed by atoms with van der Waals surface area (Å²) in [6.07, 6.45) is 3.51. The number of aliphatic hydroxyl groups is 1. The van der Waals surface area contributed by atoms with Gasteiger partial charge in [0, 0.05) is 25.9 Å². The first-order valence-electron chi connectivity index (χ1n) is 6.05. The molecule has 6 nitrogen and oxygen atoms in total. The smallest absolute Gasteiger partial charge is 0.190 e. The third-order valence-corrected chi connectivity index (χ3v) is 3.35. The van der Waals surface area contributed by atoms with Gasteiger partial charge in [-0.05, 0) is 30.9 Å². The number of nitrogens with zero attached hydrogens (tertiary/aromatic N) is 3. The minimum Gasteiger partial charge on any atom is -0.409 e. The van der Waals surface area contributed by atoms with E-state index in [0.29, 0.717) is 11.6 Å². The molecule has 1 fully saturated rings. The van der Waals surface area contributed by atoms with Crippen molar-refractivity contribution in [1.29, 1.82) is 0 Å². The van der Waals surface area contributed by atoms with E-state index in [4.69, 9.17) is 16.0 Å². The Kier molecular flexibility index (Phi) is 3.99. The number of oxime groups is 1. The van der Waals surface area contributed by atoms with E-state index in [-0.39, 0.29) is 12.4 Å². The SMILES string of the molecule is N/C(=N/O)c1ncccc1N1CCC(CO)CC1. The summed E-state index contributed by atoms with van der Waals surface area (Å²) in [5.74, 6) is 0.403. The maximum Gasteiger partial charge on any atom is 0.190 e. The number of nitrogens with two attached hydrogens (primary N) is 1. The molecular weight excluding hydrogens is 232 g/mol. The lowest BCUT2D eigenvalue weighted by molar-refractivity contribution is 0.203. The van der Waals surface area contributed by atoms with Crippen LogP contribution in [0.3, 0.4) is 0 Å². The highest BCUT2D eigenvalue weighted by Crippen LogP contribution is 2.24. The third kappa shape index (κ3) is 2.53. The molecule has 1 aromatic heterocycles. The molecule has 0 spiro atoms. The second kappa shape index (κ2) is 5.68. The summed E-state index contributed by atoms with van der Waals surface area (Å²) in [6, 6.07) is 3.75. The van der Waals surface area contributed by atoms with Crippen molar-refractivity contribution >= 4 is 11.5 Å². The number of hydrogen-bond donors (Lipinski definition) is 3. The van der Waals surface area contributed by atoms with Gasteiger partial charge in [-0.3, -0.25) is 4.98 Å². The number of hydrogen-bond acceptors (Lipinski definition) is 5. The molecule has 1 aliphatic heterocycles. The molecule has 0 amide bonds. The summed E-state index contributed by atoms with van der Waals surface area (Å²) in [5.41, 5.74) is 7.01. The predicted molar refractivity (Wildman–Crippen MR) is 68.8 cm³/mol. The molecule has 1 aliphatic rings. The lowest BCUT2D eigenvalue weighted by Crippen LogP contribution is -2.36. The van der Waals surface area contributed by atoms with Gasteiger partial charge >= 0.3 is 0 Å². The van der Waals surface area contributed by atoms with Crippen LogP contribution in [0, 0.1) is 5.92 Å². The Balaban J connectivity index is 2.19. The Labute approximate surface area is 106 Å². The van der Waals surface area contributed by atoms with Gasteiger partial charge in [0.1, 0.15) is 5.69 Å². The molecule has 0 aliphatic carbocycles. The van der Waals surface area contributed by atoms with Crippen LogP contribution in [0.2, 0.25) is 0 Å². The fourth-order valence-corrected chi connectivity index (χ4v) is 2.25. The quantitative estimate of drug-likeness (QED) is 0.312. The Hall–Kier alpha value is -1.82. The van der Waals surface area contributed by atoms with Crippen LogP contribution in [0.25, 0.3) is 0 Å². The zero-order chi connectivity index (χ0) is 13.0. The molecule has 1 aromatic rings. The number of anilines is 1. The number of aromatic nitrogens is 1. The molecule has 0 saturated carbocycles. The molecule has 0 aromatic carbocycles. The van der Waals surface area contributed by atoms with Crippen LogP contribution < -0.4 is 10.6 Å². The molecular formula is C12H18N4O2. The fourth-order valence-electron chi connectivity index (χ4n) is 2.25. The summed E-state index contributed by atoms with van der Waals surface area (Å²) in [7, 11) is 0. The van der Waals surface area contributed by atoms with E-state index in [9.17, 15) is 0 Å². The topological polar surface area (TPSA) is 95.0 Å². The molecule has 0 bridgehead atoms. The molecule has 0 unspecified atom stereocenters. The van der Waals surface area contributed by atoms with Gasteiger partial charge in [0.2, 0.25) is 0 Å². The van der Waals surface area contributed by atoms with E-state index in [1.165, 1.54) is 0 Å². The molecule has 2 heterocycles. The van der Waals surface area contributed by atoms with Crippen LogP contribution in [0.5, 0.6) is 0 Å². The molecule has 6 heteroatoms. The first-order valence-corrected chi connectivity index (χ1v) is 6.05. The van der Waals surface area contributed by atoms with Gasteiger partial charge in [0.15, 0.2) is 5.84 Å². The predicted octanol–water partition coefficient (Wildman–Crippen LogP) is 0.385. The Morgan fingerprint density at radius 2 is 2.22 bits per heavy atom. The first-order chi connectivity index (χ1) is 8.76. The average Bonchev–Trinajstić information content (AvgIpc) is 2.46. The van der Waals surface area contributed by atoms with Gasteiger partial charge in [0.05, 0.1) is 5.69 Å². The molecule has 2 rings (SSSR count). The van der Waals surface area contributed by atoms with Crippen molar-refractivity contribution in [2.24, 2.45) is 16.8 Å². The second-order valence-corrected chi connectivity index (χ2v) is 4.47. The van der Waals surface area contributed by atoms with Crippen molar-refractivity contribution in [3.05, 3.63) is 24.0 Å². The summed E-state index contributed by atoms with van der Waals surface area (Å²) in [6.45, 7) is 1.94. The number of amidine groups is 1. The van der Waals surface area contributed by atoms with E-state index >= 15 is 0 Å². The largest absolute Gasteiger partial charge is 0.409 e. The number of pyridine rings is 1. The normalized spacial score (nSPS) is 18.1. The Bertz CT molecular complexity index is 428. The lowest BCUT2D eigenvalue weighted by atomic mass is 9.97.